The molecule has 0 bridgehead atoms. The third kappa shape index (κ3) is 4.87. The fourth-order valence-corrected chi connectivity index (χ4v) is 5.80. The Hall–Kier alpha value is -1.58. The van der Waals surface area contributed by atoms with Crippen LogP contribution in [0.4, 0.5) is 13.2 Å². The molecule has 154 valence electrons. The van der Waals surface area contributed by atoms with Gasteiger partial charge in [-0.1, -0.05) is 17.7 Å². The second kappa shape index (κ2) is 7.68. The second-order valence-electron chi connectivity index (χ2n) is 6.81. The third-order valence-electron chi connectivity index (χ3n) is 4.34. The Morgan fingerprint density at radius 2 is 1.46 bits per heavy atom. The van der Waals surface area contributed by atoms with E-state index in [1.807, 2.05) is 0 Å². The second-order valence-corrected chi connectivity index (χ2v) is 11.9. The highest BCUT2D eigenvalue weighted by molar-refractivity contribution is 7.93. The van der Waals surface area contributed by atoms with Gasteiger partial charge >= 0.3 is 6.18 Å². The molecule has 0 radical (unpaired) electrons. The topological polar surface area (TPSA) is 68.3 Å². The van der Waals surface area contributed by atoms with E-state index in [1.54, 1.807) is 0 Å². The molecular formula is C18H18ClF3O4S2. The molecule has 0 aliphatic carbocycles. The van der Waals surface area contributed by atoms with Crippen molar-refractivity contribution in [3.63, 3.8) is 0 Å². The summed E-state index contributed by atoms with van der Waals surface area (Å²) in [7, 11) is -8.01. The first-order chi connectivity index (χ1) is 12.7. The molecule has 0 unspecified atom stereocenters. The predicted molar refractivity (Wildman–Crippen MR) is 101 cm³/mol. The van der Waals surface area contributed by atoms with Crippen molar-refractivity contribution in [1.82, 2.24) is 0 Å². The summed E-state index contributed by atoms with van der Waals surface area (Å²) in [6.45, 7) is 2.58. The van der Waals surface area contributed by atoms with E-state index in [-0.39, 0.29) is 11.3 Å². The molecule has 0 amide bonds. The molecule has 0 aliphatic heterocycles. The molecule has 0 spiro atoms. The van der Waals surface area contributed by atoms with Crippen LogP contribution in [-0.2, 0) is 25.9 Å². The zero-order valence-corrected chi connectivity index (χ0v) is 17.4. The van der Waals surface area contributed by atoms with Gasteiger partial charge in [0.25, 0.3) is 0 Å². The van der Waals surface area contributed by atoms with Crippen LogP contribution in [0.2, 0.25) is 5.02 Å². The summed E-state index contributed by atoms with van der Waals surface area (Å²) in [5.41, 5.74) is -1.09. The maximum atomic E-state index is 12.9. The van der Waals surface area contributed by atoms with E-state index in [0.29, 0.717) is 11.1 Å². The lowest BCUT2D eigenvalue weighted by Crippen LogP contribution is -2.34. The summed E-state index contributed by atoms with van der Waals surface area (Å²) >= 11 is 5.73. The van der Waals surface area contributed by atoms with E-state index in [2.05, 4.69) is 0 Å². The smallest absolute Gasteiger partial charge is 0.224 e. The molecule has 0 aliphatic rings. The first-order valence-corrected chi connectivity index (χ1v) is 11.6. The summed E-state index contributed by atoms with van der Waals surface area (Å²) in [6, 6.07) is 8.84. The van der Waals surface area contributed by atoms with Crippen molar-refractivity contribution in [2.45, 2.75) is 41.0 Å². The van der Waals surface area contributed by atoms with Crippen LogP contribution in [0, 0.1) is 0 Å². The van der Waals surface area contributed by atoms with E-state index >= 15 is 0 Å². The molecule has 0 saturated heterocycles. The SMILES string of the molecule is CC(C)(CCS(=O)(=O)c1ccc(Cl)cc1)S(=O)(=O)c1cccc(C(F)(F)F)c1. The number of hydrogen-bond acceptors (Lipinski definition) is 4. The summed E-state index contributed by atoms with van der Waals surface area (Å²) in [4.78, 5) is -0.514. The minimum atomic E-state index is -4.69. The van der Waals surface area contributed by atoms with Crippen LogP contribution < -0.4 is 0 Å². The number of hydrogen-bond donors (Lipinski definition) is 0. The monoisotopic (exact) mass is 454 g/mol. The van der Waals surface area contributed by atoms with Crippen molar-refractivity contribution in [2.24, 2.45) is 0 Å². The average molecular weight is 455 g/mol. The molecule has 0 fully saturated rings. The van der Waals surface area contributed by atoms with Crippen LogP contribution in [0.15, 0.2) is 58.3 Å². The molecule has 0 heterocycles. The summed E-state index contributed by atoms with van der Waals surface area (Å²) < 4.78 is 87.7. The fourth-order valence-electron chi connectivity index (χ4n) is 2.43. The predicted octanol–water partition coefficient (Wildman–Crippen LogP) is 4.78. The van der Waals surface area contributed by atoms with Crippen molar-refractivity contribution in [1.29, 1.82) is 0 Å². The number of rotatable bonds is 6. The molecule has 2 rings (SSSR count). The molecule has 2 aromatic carbocycles. The molecule has 2 aromatic rings. The van der Waals surface area contributed by atoms with E-state index in [1.165, 1.54) is 38.1 Å². The van der Waals surface area contributed by atoms with Crippen LogP contribution in [0.1, 0.15) is 25.8 Å². The van der Waals surface area contributed by atoms with E-state index in [4.69, 9.17) is 11.6 Å². The van der Waals surface area contributed by atoms with E-state index in [0.717, 1.165) is 18.2 Å². The van der Waals surface area contributed by atoms with Crippen LogP contribution >= 0.6 is 11.6 Å². The van der Waals surface area contributed by atoms with Crippen molar-refractivity contribution in [2.75, 3.05) is 5.75 Å². The zero-order valence-electron chi connectivity index (χ0n) is 15.0. The van der Waals surface area contributed by atoms with Crippen LogP contribution in [-0.4, -0.2) is 27.3 Å². The Labute approximate surface area is 167 Å². The average Bonchev–Trinajstić information content (AvgIpc) is 2.60. The Balaban J connectivity index is 2.29. The maximum Gasteiger partial charge on any atom is 0.416 e. The number of benzene rings is 2. The molecule has 0 aromatic heterocycles. The summed E-state index contributed by atoms with van der Waals surface area (Å²) in [5, 5.41) is 0.353. The van der Waals surface area contributed by atoms with Crippen molar-refractivity contribution in [3.8, 4) is 0 Å². The largest absolute Gasteiger partial charge is 0.416 e. The zero-order chi connectivity index (χ0) is 21.4. The van der Waals surface area contributed by atoms with Crippen molar-refractivity contribution < 1.29 is 30.0 Å². The molecule has 0 saturated carbocycles. The highest BCUT2D eigenvalue weighted by Crippen LogP contribution is 2.34. The number of halogens is 4. The molecule has 0 N–H and O–H groups in total. The molecule has 4 nitrogen and oxygen atoms in total. The lowest BCUT2D eigenvalue weighted by molar-refractivity contribution is -0.137. The molecule has 28 heavy (non-hydrogen) atoms. The van der Waals surface area contributed by atoms with Gasteiger partial charge in [-0.05, 0) is 62.7 Å². The first kappa shape index (κ1) is 22.7. The molecule has 10 heteroatoms. The van der Waals surface area contributed by atoms with Crippen LogP contribution in [0.3, 0.4) is 0 Å². The van der Waals surface area contributed by atoms with Crippen molar-refractivity contribution >= 4 is 31.3 Å². The van der Waals surface area contributed by atoms with Gasteiger partial charge in [0.05, 0.1) is 25.9 Å². The lowest BCUT2D eigenvalue weighted by Gasteiger charge is -2.25. The van der Waals surface area contributed by atoms with Gasteiger partial charge in [0.1, 0.15) is 0 Å². The van der Waals surface area contributed by atoms with Gasteiger partial charge in [-0.15, -0.1) is 0 Å². The van der Waals surface area contributed by atoms with E-state index in [9.17, 15) is 30.0 Å². The number of alkyl halides is 3. The van der Waals surface area contributed by atoms with Gasteiger partial charge in [0.15, 0.2) is 19.7 Å². The number of sulfone groups is 2. The minimum absolute atomic E-state index is 0.0100. The normalized spacial score (nSPS) is 13.5. The van der Waals surface area contributed by atoms with Gasteiger partial charge in [-0.3, -0.25) is 0 Å². The Morgan fingerprint density at radius 3 is 2.00 bits per heavy atom. The first-order valence-electron chi connectivity index (χ1n) is 8.07. The minimum Gasteiger partial charge on any atom is -0.224 e. The van der Waals surface area contributed by atoms with Gasteiger partial charge in [-0.2, -0.15) is 13.2 Å². The van der Waals surface area contributed by atoms with Gasteiger partial charge in [0, 0.05) is 5.02 Å². The van der Waals surface area contributed by atoms with Gasteiger partial charge in [-0.25, -0.2) is 16.8 Å². The summed E-state index contributed by atoms with van der Waals surface area (Å²) in [5.74, 6) is -0.486. The van der Waals surface area contributed by atoms with Crippen LogP contribution in [0.5, 0.6) is 0 Å². The quantitative estimate of drug-likeness (QED) is 0.630. The highest BCUT2D eigenvalue weighted by Gasteiger charge is 2.39. The third-order valence-corrected chi connectivity index (χ3v) is 8.86. The molecular weight excluding hydrogens is 437 g/mol. The van der Waals surface area contributed by atoms with Gasteiger partial charge < -0.3 is 0 Å². The van der Waals surface area contributed by atoms with E-state index < -0.39 is 46.8 Å². The summed E-state index contributed by atoms with van der Waals surface area (Å²) in [6.07, 6.45) is -4.98. The fraction of sp³-hybridized carbons (Fsp3) is 0.333. The van der Waals surface area contributed by atoms with Crippen molar-refractivity contribution in [3.05, 3.63) is 59.1 Å². The molecule has 0 atom stereocenters. The van der Waals surface area contributed by atoms with Crippen LogP contribution in [0.25, 0.3) is 0 Å². The highest BCUT2D eigenvalue weighted by atomic mass is 35.5. The Bertz CT molecular complexity index is 1060. The standard InChI is InChI=1S/C18H18ClF3O4S2/c1-17(2,10-11-27(23,24)15-8-6-14(19)7-9-15)28(25,26)16-5-3-4-13(12-16)18(20,21)22/h3-9,12H,10-11H2,1-2H3. The lowest BCUT2D eigenvalue weighted by atomic mass is 10.1. The Morgan fingerprint density at radius 1 is 0.893 bits per heavy atom. The maximum absolute atomic E-state index is 12.9. The Kier molecular flexibility index (Phi) is 6.23. The van der Waals surface area contributed by atoms with Gasteiger partial charge in [0.2, 0.25) is 0 Å².